The van der Waals surface area contributed by atoms with Gasteiger partial charge in [0.1, 0.15) is 0 Å². The molecule has 0 spiro atoms. The maximum atomic E-state index is 11.9. The molecule has 0 aliphatic carbocycles. The molecule has 0 fully saturated rings. The maximum Gasteiger partial charge on any atom is 0.340 e. The molecule has 5 nitrogen and oxygen atoms in total. The van der Waals surface area contributed by atoms with Gasteiger partial charge in [-0.15, -0.1) is 0 Å². The topological polar surface area (TPSA) is 64.8 Å². The number of para-hydroxylation sites is 1. The third kappa shape index (κ3) is 4.36. The van der Waals surface area contributed by atoms with Gasteiger partial charge in [-0.1, -0.05) is 13.0 Å². The highest BCUT2D eigenvalue weighted by atomic mass is 16.5. The zero-order valence-corrected chi connectivity index (χ0v) is 13.4. The summed E-state index contributed by atoms with van der Waals surface area (Å²) in [6.07, 6.45) is 0.979. The molecular weight excluding hydrogens is 268 g/mol. The van der Waals surface area contributed by atoms with Gasteiger partial charge in [0.2, 0.25) is 0 Å². The maximum absolute atomic E-state index is 11.9. The van der Waals surface area contributed by atoms with Crippen molar-refractivity contribution < 1.29 is 14.3 Å². The first-order chi connectivity index (χ1) is 10.1. The van der Waals surface area contributed by atoms with Crippen molar-refractivity contribution in [3.05, 3.63) is 23.8 Å². The van der Waals surface area contributed by atoms with E-state index in [9.17, 15) is 4.79 Å². The molecule has 118 valence electrons. The minimum atomic E-state index is -0.382. The Labute approximate surface area is 127 Å². The number of benzene rings is 1. The highest BCUT2D eigenvalue weighted by molar-refractivity contribution is 5.98. The van der Waals surface area contributed by atoms with Gasteiger partial charge in [0.15, 0.2) is 0 Å². The molecule has 0 aliphatic rings. The lowest BCUT2D eigenvalue weighted by atomic mass is 10.1. The number of esters is 1. The summed E-state index contributed by atoms with van der Waals surface area (Å²) in [4.78, 5) is 14.1. The van der Waals surface area contributed by atoms with Crippen LogP contribution >= 0.6 is 0 Å². The lowest BCUT2D eigenvalue weighted by Gasteiger charge is -2.32. The average Bonchev–Trinajstić information content (AvgIpc) is 2.48. The number of ether oxygens (including phenoxy) is 2. The molecule has 1 unspecified atom stereocenters. The van der Waals surface area contributed by atoms with Crippen LogP contribution < -0.4 is 10.6 Å². The van der Waals surface area contributed by atoms with Crippen molar-refractivity contribution in [3.8, 4) is 0 Å². The van der Waals surface area contributed by atoms with E-state index in [0.717, 1.165) is 18.7 Å². The molecule has 0 aliphatic heterocycles. The summed E-state index contributed by atoms with van der Waals surface area (Å²) in [5.74, 6) is -0.382. The fourth-order valence-corrected chi connectivity index (χ4v) is 2.18. The van der Waals surface area contributed by atoms with Crippen molar-refractivity contribution in [2.45, 2.75) is 33.2 Å². The van der Waals surface area contributed by atoms with Crippen molar-refractivity contribution in [1.82, 2.24) is 0 Å². The molecule has 2 N–H and O–H groups in total. The SMILES string of the molecule is CCOC(=O)c1cccc(N(CCOC)C(C)CC)c1N. The lowest BCUT2D eigenvalue weighted by Crippen LogP contribution is -2.36. The van der Waals surface area contributed by atoms with Crippen LogP contribution in [0.2, 0.25) is 0 Å². The van der Waals surface area contributed by atoms with E-state index in [0.29, 0.717) is 30.5 Å². The Morgan fingerprint density at radius 1 is 1.38 bits per heavy atom. The van der Waals surface area contributed by atoms with Crippen LogP contribution in [-0.2, 0) is 9.47 Å². The monoisotopic (exact) mass is 294 g/mol. The van der Waals surface area contributed by atoms with Crippen molar-refractivity contribution >= 4 is 17.3 Å². The molecule has 0 amide bonds. The summed E-state index contributed by atoms with van der Waals surface area (Å²) in [5.41, 5.74) is 7.93. The minimum absolute atomic E-state index is 0.305. The summed E-state index contributed by atoms with van der Waals surface area (Å²) in [6, 6.07) is 5.77. The number of rotatable bonds is 8. The van der Waals surface area contributed by atoms with E-state index in [2.05, 4.69) is 18.7 Å². The number of hydrogen-bond acceptors (Lipinski definition) is 5. The van der Waals surface area contributed by atoms with E-state index < -0.39 is 0 Å². The van der Waals surface area contributed by atoms with E-state index in [4.69, 9.17) is 15.2 Å². The first kappa shape index (κ1) is 17.3. The summed E-state index contributed by atoms with van der Waals surface area (Å²) in [6.45, 7) is 7.70. The quantitative estimate of drug-likeness (QED) is 0.590. The number of carbonyl (C=O) groups excluding carboxylic acids is 1. The van der Waals surface area contributed by atoms with Crippen LogP contribution in [-0.4, -0.2) is 38.9 Å². The number of nitrogens with two attached hydrogens (primary N) is 1. The predicted octanol–water partition coefficient (Wildman–Crippen LogP) is 2.70. The Bertz CT molecular complexity index is 463. The van der Waals surface area contributed by atoms with Gasteiger partial charge in [0.05, 0.1) is 30.2 Å². The van der Waals surface area contributed by atoms with Crippen LogP contribution in [0.4, 0.5) is 11.4 Å². The summed E-state index contributed by atoms with van der Waals surface area (Å²) < 4.78 is 10.2. The highest BCUT2D eigenvalue weighted by Crippen LogP contribution is 2.29. The molecule has 0 saturated heterocycles. The summed E-state index contributed by atoms with van der Waals surface area (Å²) in [5, 5.41) is 0. The Morgan fingerprint density at radius 2 is 2.10 bits per heavy atom. The molecule has 1 rings (SSSR count). The van der Waals surface area contributed by atoms with Crippen LogP contribution in [0.25, 0.3) is 0 Å². The molecule has 21 heavy (non-hydrogen) atoms. The lowest BCUT2D eigenvalue weighted by molar-refractivity contribution is 0.0527. The number of methoxy groups -OCH3 is 1. The largest absolute Gasteiger partial charge is 0.462 e. The van der Waals surface area contributed by atoms with Crippen molar-refractivity contribution in [2.24, 2.45) is 0 Å². The molecular formula is C16H26N2O3. The number of nitrogens with zero attached hydrogens (tertiary/aromatic N) is 1. The van der Waals surface area contributed by atoms with Crippen molar-refractivity contribution in [1.29, 1.82) is 0 Å². The predicted molar refractivity (Wildman–Crippen MR) is 85.8 cm³/mol. The van der Waals surface area contributed by atoms with E-state index in [-0.39, 0.29) is 5.97 Å². The molecule has 0 heterocycles. The minimum Gasteiger partial charge on any atom is -0.462 e. The molecule has 1 aromatic carbocycles. The molecule has 1 aromatic rings. The van der Waals surface area contributed by atoms with Crippen LogP contribution in [0.5, 0.6) is 0 Å². The second-order valence-corrected chi connectivity index (χ2v) is 4.90. The van der Waals surface area contributed by atoms with Gasteiger partial charge >= 0.3 is 5.97 Å². The second kappa shape index (κ2) is 8.52. The van der Waals surface area contributed by atoms with Crippen LogP contribution in [0.1, 0.15) is 37.6 Å². The van der Waals surface area contributed by atoms with Crippen molar-refractivity contribution in [2.75, 3.05) is 37.5 Å². The first-order valence-corrected chi connectivity index (χ1v) is 7.37. The summed E-state index contributed by atoms with van der Waals surface area (Å²) >= 11 is 0. The molecule has 0 saturated carbocycles. The van der Waals surface area contributed by atoms with Crippen LogP contribution in [0.15, 0.2) is 18.2 Å². The van der Waals surface area contributed by atoms with E-state index >= 15 is 0 Å². The van der Waals surface area contributed by atoms with Gasteiger partial charge in [0.25, 0.3) is 0 Å². The van der Waals surface area contributed by atoms with Gasteiger partial charge < -0.3 is 20.1 Å². The fourth-order valence-electron chi connectivity index (χ4n) is 2.18. The van der Waals surface area contributed by atoms with E-state index in [1.54, 1.807) is 20.1 Å². The zero-order chi connectivity index (χ0) is 15.8. The fraction of sp³-hybridized carbons (Fsp3) is 0.562. The Morgan fingerprint density at radius 3 is 2.67 bits per heavy atom. The zero-order valence-electron chi connectivity index (χ0n) is 13.4. The molecule has 0 aromatic heterocycles. The number of nitrogen functional groups attached to an aromatic ring is 1. The number of hydrogen-bond donors (Lipinski definition) is 1. The Kier molecular flexibility index (Phi) is 7.02. The van der Waals surface area contributed by atoms with Gasteiger partial charge in [-0.25, -0.2) is 4.79 Å². The van der Waals surface area contributed by atoms with E-state index in [1.165, 1.54) is 0 Å². The average molecular weight is 294 g/mol. The normalized spacial score (nSPS) is 12.0. The van der Waals surface area contributed by atoms with Crippen molar-refractivity contribution in [3.63, 3.8) is 0 Å². The number of carbonyl (C=O) groups is 1. The third-order valence-corrected chi connectivity index (χ3v) is 3.55. The molecule has 0 bridgehead atoms. The highest BCUT2D eigenvalue weighted by Gasteiger charge is 2.20. The Balaban J connectivity index is 3.13. The molecule has 1 atom stereocenters. The standard InChI is InChI=1S/C16H26N2O3/c1-5-12(3)18(10-11-20-4)14-9-7-8-13(15(14)17)16(19)21-6-2/h7-9,12H,5-6,10-11,17H2,1-4H3. The number of anilines is 2. The van der Waals surface area contributed by atoms with Gasteiger partial charge in [-0.3, -0.25) is 0 Å². The van der Waals surface area contributed by atoms with Crippen LogP contribution in [0.3, 0.4) is 0 Å². The van der Waals surface area contributed by atoms with Gasteiger partial charge in [0, 0.05) is 19.7 Å². The molecule has 0 radical (unpaired) electrons. The Hall–Kier alpha value is -1.75. The van der Waals surface area contributed by atoms with Crippen LogP contribution in [0, 0.1) is 0 Å². The smallest absolute Gasteiger partial charge is 0.340 e. The van der Waals surface area contributed by atoms with E-state index in [1.807, 2.05) is 12.1 Å². The summed E-state index contributed by atoms with van der Waals surface area (Å²) in [7, 11) is 1.67. The first-order valence-electron chi connectivity index (χ1n) is 7.37. The third-order valence-electron chi connectivity index (χ3n) is 3.55. The van der Waals surface area contributed by atoms with Gasteiger partial charge in [-0.2, -0.15) is 0 Å². The second-order valence-electron chi connectivity index (χ2n) is 4.90. The molecule has 5 heteroatoms. The van der Waals surface area contributed by atoms with Gasteiger partial charge in [-0.05, 0) is 32.4 Å².